The molecule has 0 radical (unpaired) electrons. The predicted molar refractivity (Wildman–Crippen MR) is 141 cm³/mol. The molecule has 0 bridgehead atoms. The number of H-pyrrole nitrogens is 1. The molecular weight excluding hydrogens is 464 g/mol. The van der Waals surface area contributed by atoms with Crippen molar-refractivity contribution in [3.05, 3.63) is 57.8 Å². The first kappa shape index (κ1) is 22.4. The van der Waals surface area contributed by atoms with Crippen LogP contribution in [0.4, 0.5) is 5.69 Å². The van der Waals surface area contributed by atoms with Gasteiger partial charge in [0.2, 0.25) is 0 Å². The number of aromatic amines is 1. The molecule has 2 aliphatic rings. The predicted octanol–water partition coefficient (Wildman–Crippen LogP) is 3.85. The summed E-state index contributed by atoms with van der Waals surface area (Å²) in [4.78, 5) is 24.2. The summed E-state index contributed by atoms with van der Waals surface area (Å²) in [5, 5.41) is 1.50. The molecule has 1 saturated carbocycles. The second-order valence-corrected chi connectivity index (χ2v) is 9.97. The van der Waals surface area contributed by atoms with E-state index in [1.54, 1.807) is 4.68 Å². The first-order valence-corrected chi connectivity index (χ1v) is 12.6. The van der Waals surface area contributed by atoms with E-state index in [1.165, 1.54) is 0 Å². The molecule has 4 aromatic rings. The Hall–Kier alpha value is -3.07. The number of anilines is 1. The minimum absolute atomic E-state index is 0.137. The number of hydrogen-bond donors (Lipinski definition) is 3. The number of nitrogens with one attached hydrogen (secondary N) is 2. The molecule has 2 aromatic carbocycles. The Balaban J connectivity index is 1.42. The van der Waals surface area contributed by atoms with Crippen molar-refractivity contribution in [1.82, 2.24) is 14.6 Å². The van der Waals surface area contributed by atoms with Crippen molar-refractivity contribution in [3.8, 4) is 11.4 Å². The smallest absolute Gasteiger partial charge is 0.280 e. The highest BCUT2D eigenvalue weighted by Crippen LogP contribution is 2.27. The molecule has 1 saturated heterocycles. The molecule has 3 heterocycles. The van der Waals surface area contributed by atoms with Crippen LogP contribution in [0.5, 0.6) is 0 Å². The van der Waals surface area contributed by atoms with E-state index >= 15 is 0 Å². The zero-order valence-corrected chi connectivity index (χ0v) is 20.2. The molecule has 4 N–H and O–H groups in total. The lowest BCUT2D eigenvalue weighted by Crippen LogP contribution is -2.40. The van der Waals surface area contributed by atoms with E-state index in [4.69, 9.17) is 27.1 Å². The highest BCUT2D eigenvalue weighted by Gasteiger charge is 2.21. The second kappa shape index (κ2) is 9.18. The summed E-state index contributed by atoms with van der Waals surface area (Å²) in [6.45, 7) is 3.18. The summed E-state index contributed by atoms with van der Waals surface area (Å²) >= 11 is 6.31. The Labute approximate surface area is 208 Å². The molecule has 0 amide bonds. The number of morpholine rings is 1. The van der Waals surface area contributed by atoms with Crippen LogP contribution >= 0.6 is 11.6 Å². The molecule has 9 heteroatoms. The van der Waals surface area contributed by atoms with Gasteiger partial charge in [0.15, 0.2) is 0 Å². The second-order valence-electron chi connectivity index (χ2n) is 9.53. The van der Waals surface area contributed by atoms with Crippen molar-refractivity contribution in [1.29, 1.82) is 0 Å². The Morgan fingerprint density at radius 2 is 1.86 bits per heavy atom. The third-order valence-corrected chi connectivity index (χ3v) is 7.38. The van der Waals surface area contributed by atoms with Crippen LogP contribution in [0.25, 0.3) is 33.3 Å². The first-order valence-electron chi connectivity index (χ1n) is 12.3. The van der Waals surface area contributed by atoms with Crippen LogP contribution in [0.15, 0.2) is 47.3 Å². The van der Waals surface area contributed by atoms with Crippen molar-refractivity contribution in [2.45, 2.75) is 37.8 Å². The van der Waals surface area contributed by atoms with Gasteiger partial charge in [-0.2, -0.15) is 0 Å². The number of ether oxygens (including phenoxy) is 1. The van der Waals surface area contributed by atoms with E-state index < -0.39 is 0 Å². The van der Waals surface area contributed by atoms with Gasteiger partial charge in [-0.25, -0.2) is 9.66 Å². The van der Waals surface area contributed by atoms with Crippen LogP contribution in [0.2, 0.25) is 5.02 Å². The number of nitrogens with zero attached hydrogens (tertiary/aromatic N) is 3. The van der Waals surface area contributed by atoms with Gasteiger partial charge >= 0.3 is 0 Å². The van der Waals surface area contributed by atoms with E-state index in [0.29, 0.717) is 16.4 Å². The normalized spacial score (nSPS) is 21.0. The zero-order valence-electron chi connectivity index (χ0n) is 19.5. The van der Waals surface area contributed by atoms with Gasteiger partial charge in [0.05, 0.1) is 35.3 Å². The summed E-state index contributed by atoms with van der Waals surface area (Å²) in [7, 11) is 0. The average molecular weight is 493 g/mol. The van der Waals surface area contributed by atoms with Crippen molar-refractivity contribution in [2.24, 2.45) is 5.73 Å². The van der Waals surface area contributed by atoms with Crippen LogP contribution in [0, 0.1) is 0 Å². The van der Waals surface area contributed by atoms with Crippen LogP contribution < -0.4 is 21.6 Å². The maximum Gasteiger partial charge on any atom is 0.280 e. The number of imidazole rings is 1. The van der Waals surface area contributed by atoms with Crippen molar-refractivity contribution in [3.63, 3.8) is 0 Å². The Bertz CT molecular complexity index is 1430. The highest BCUT2D eigenvalue weighted by atomic mass is 35.5. The largest absolute Gasteiger partial charge is 0.378 e. The van der Waals surface area contributed by atoms with E-state index in [0.717, 1.165) is 79.6 Å². The molecule has 182 valence electrons. The monoisotopic (exact) mass is 492 g/mol. The molecule has 0 unspecified atom stereocenters. The maximum atomic E-state index is 13.8. The minimum Gasteiger partial charge on any atom is -0.378 e. The molecule has 1 aliphatic carbocycles. The number of benzene rings is 2. The third kappa shape index (κ3) is 4.37. The average Bonchev–Trinajstić information content (AvgIpc) is 3.30. The number of pyridine rings is 1. The molecule has 2 aromatic heterocycles. The first-order chi connectivity index (χ1) is 17.0. The molecule has 6 rings (SSSR count). The fraction of sp³-hybridized carbons (Fsp3) is 0.385. The molecule has 8 nitrogen and oxygen atoms in total. The Morgan fingerprint density at radius 1 is 1.06 bits per heavy atom. The summed E-state index contributed by atoms with van der Waals surface area (Å²) < 4.78 is 7.14. The number of hydrogen-bond acceptors (Lipinski definition) is 6. The SMILES string of the molecule is NC1CCC(Nn2c(=O)c(-c3nc4ccc(N5CCOCC5)cc4[nH]3)cc3cc(Cl)ccc32)CC1. The molecule has 0 spiro atoms. The lowest BCUT2D eigenvalue weighted by atomic mass is 9.92. The van der Waals surface area contributed by atoms with Gasteiger partial charge < -0.3 is 25.8 Å². The molecule has 1 aliphatic heterocycles. The van der Waals surface area contributed by atoms with Gasteiger partial charge in [0, 0.05) is 41.3 Å². The quantitative estimate of drug-likeness (QED) is 0.400. The zero-order chi connectivity index (χ0) is 23.9. The summed E-state index contributed by atoms with van der Waals surface area (Å²) in [6.07, 6.45) is 3.76. The van der Waals surface area contributed by atoms with Crippen LogP contribution in [0.1, 0.15) is 25.7 Å². The minimum atomic E-state index is -0.137. The Kier molecular flexibility index (Phi) is 5.88. The fourth-order valence-corrected chi connectivity index (χ4v) is 5.34. The summed E-state index contributed by atoms with van der Waals surface area (Å²) in [5.74, 6) is 0.548. The van der Waals surface area contributed by atoms with E-state index in [1.807, 2.05) is 30.3 Å². The van der Waals surface area contributed by atoms with E-state index in [2.05, 4.69) is 27.4 Å². The molecule has 0 atom stereocenters. The number of rotatable bonds is 4. The van der Waals surface area contributed by atoms with Gasteiger partial charge in [-0.15, -0.1) is 0 Å². The molecule has 35 heavy (non-hydrogen) atoms. The van der Waals surface area contributed by atoms with Crippen LogP contribution in [0.3, 0.4) is 0 Å². The summed E-state index contributed by atoms with van der Waals surface area (Å²) in [6, 6.07) is 14.1. The fourth-order valence-electron chi connectivity index (χ4n) is 5.16. The third-order valence-electron chi connectivity index (χ3n) is 7.14. The van der Waals surface area contributed by atoms with Gasteiger partial charge in [0.1, 0.15) is 5.82 Å². The van der Waals surface area contributed by atoms with Crippen molar-refractivity contribution in [2.75, 3.05) is 36.6 Å². The maximum absolute atomic E-state index is 13.8. The van der Waals surface area contributed by atoms with E-state index in [-0.39, 0.29) is 17.6 Å². The molecular formula is C26H29ClN6O2. The lowest BCUT2D eigenvalue weighted by Gasteiger charge is -2.29. The number of halogens is 1. The number of aromatic nitrogens is 3. The van der Waals surface area contributed by atoms with Gasteiger partial charge in [0.25, 0.3) is 5.56 Å². The summed E-state index contributed by atoms with van der Waals surface area (Å²) in [5.41, 5.74) is 13.6. The molecule has 2 fully saturated rings. The number of nitrogens with two attached hydrogens (primary N) is 1. The van der Waals surface area contributed by atoms with Crippen LogP contribution in [-0.4, -0.2) is 53.0 Å². The highest BCUT2D eigenvalue weighted by molar-refractivity contribution is 6.31. The van der Waals surface area contributed by atoms with Crippen molar-refractivity contribution >= 4 is 39.2 Å². The van der Waals surface area contributed by atoms with Gasteiger partial charge in [-0.1, -0.05) is 11.6 Å². The van der Waals surface area contributed by atoms with Gasteiger partial charge in [-0.05, 0) is 68.1 Å². The number of fused-ring (bicyclic) bond motifs is 2. The Morgan fingerprint density at radius 3 is 2.66 bits per heavy atom. The standard InChI is InChI=1S/C26H29ClN6O2/c27-17-1-8-24-16(13-17)14-21(26(34)33(24)31-19-4-2-18(28)3-5-19)25-29-22-7-6-20(15-23(22)30-25)32-9-11-35-12-10-32/h1,6-8,13-15,18-19,31H,2-5,9-12,28H2,(H,29,30). The topological polar surface area (TPSA) is 101 Å². The van der Waals surface area contributed by atoms with Gasteiger partial charge in [-0.3, -0.25) is 4.79 Å². The van der Waals surface area contributed by atoms with Crippen molar-refractivity contribution < 1.29 is 4.74 Å². The van der Waals surface area contributed by atoms with E-state index in [9.17, 15) is 4.79 Å². The lowest BCUT2D eigenvalue weighted by molar-refractivity contribution is 0.122. The van der Waals surface area contributed by atoms with Crippen LogP contribution in [-0.2, 0) is 4.74 Å².